The van der Waals surface area contributed by atoms with Gasteiger partial charge in [0.05, 0.1) is 5.60 Å². The summed E-state index contributed by atoms with van der Waals surface area (Å²) in [5, 5.41) is 11.0. The van der Waals surface area contributed by atoms with Crippen LogP contribution < -0.4 is 0 Å². The fourth-order valence-corrected chi connectivity index (χ4v) is 4.51. The first-order valence-electron chi connectivity index (χ1n) is 8.24. The Morgan fingerprint density at radius 1 is 1.25 bits per heavy atom. The lowest BCUT2D eigenvalue weighted by Gasteiger charge is -2.48. The van der Waals surface area contributed by atoms with Gasteiger partial charge in [-0.2, -0.15) is 0 Å². The molecular formula is C17H31NO2. The van der Waals surface area contributed by atoms with Gasteiger partial charge in [0.2, 0.25) is 0 Å². The predicted molar refractivity (Wildman–Crippen MR) is 81.6 cm³/mol. The molecule has 3 heteroatoms. The number of fused-ring (bicyclic) bond motifs is 1. The summed E-state index contributed by atoms with van der Waals surface area (Å²) in [6.45, 7) is 3.29. The molecule has 0 aromatic carbocycles. The van der Waals surface area contributed by atoms with Crippen LogP contribution in [-0.2, 0) is 4.79 Å². The lowest BCUT2D eigenvalue weighted by atomic mass is 9.60. The van der Waals surface area contributed by atoms with Crippen LogP contribution >= 0.6 is 0 Å². The maximum absolute atomic E-state index is 11.2. The molecule has 0 radical (unpaired) electrons. The summed E-state index contributed by atoms with van der Waals surface area (Å²) in [5.74, 6) is 0.725. The van der Waals surface area contributed by atoms with Gasteiger partial charge in [0.25, 0.3) is 0 Å². The number of carbonyl (C=O) groups excluding carboxylic acids is 1. The van der Waals surface area contributed by atoms with Gasteiger partial charge in [-0.15, -0.1) is 0 Å². The van der Waals surface area contributed by atoms with Gasteiger partial charge < -0.3 is 14.8 Å². The molecule has 0 heterocycles. The number of hydrogen-bond acceptors (Lipinski definition) is 3. The normalized spacial score (nSPS) is 40.9. The summed E-state index contributed by atoms with van der Waals surface area (Å²) in [5.41, 5.74) is -0.738. The molecule has 2 saturated carbocycles. The number of hydrogen-bond donors (Lipinski definition) is 1. The van der Waals surface area contributed by atoms with Crippen molar-refractivity contribution in [3.63, 3.8) is 0 Å². The molecule has 0 amide bonds. The van der Waals surface area contributed by atoms with E-state index < -0.39 is 5.60 Å². The zero-order valence-corrected chi connectivity index (χ0v) is 13.4. The quantitative estimate of drug-likeness (QED) is 0.601. The van der Waals surface area contributed by atoms with E-state index in [0.717, 1.165) is 38.5 Å². The predicted octanol–water partition coefficient (Wildman–Crippen LogP) is 2.86. The molecule has 2 aliphatic carbocycles. The summed E-state index contributed by atoms with van der Waals surface area (Å²) >= 11 is 0. The molecule has 1 N–H and O–H groups in total. The van der Waals surface area contributed by atoms with E-state index in [1.54, 1.807) is 0 Å². The van der Waals surface area contributed by atoms with Gasteiger partial charge in [-0.25, -0.2) is 0 Å². The smallest absolute Gasteiger partial charge is 0.123 e. The van der Waals surface area contributed by atoms with Crippen molar-refractivity contribution in [1.29, 1.82) is 0 Å². The minimum absolute atomic E-state index is 0.0715. The highest BCUT2D eigenvalue weighted by Gasteiger charge is 2.58. The number of rotatable bonds is 6. The second kappa shape index (κ2) is 6.15. The number of carbonyl (C=O) groups is 1. The Kier molecular flexibility index (Phi) is 4.91. The lowest BCUT2D eigenvalue weighted by molar-refractivity contribution is -0.132. The third-order valence-electron chi connectivity index (χ3n) is 6.08. The van der Waals surface area contributed by atoms with Crippen molar-refractivity contribution in [2.24, 2.45) is 17.3 Å². The molecule has 0 unspecified atom stereocenters. The first-order chi connectivity index (χ1) is 9.41. The van der Waals surface area contributed by atoms with E-state index in [0.29, 0.717) is 5.92 Å². The van der Waals surface area contributed by atoms with Crippen LogP contribution in [0, 0.1) is 17.3 Å². The molecular weight excluding hydrogens is 250 g/mol. The number of unbranched alkanes of at least 4 members (excludes halogenated alkanes) is 1. The Morgan fingerprint density at radius 3 is 2.65 bits per heavy atom. The summed E-state index contributed by atoms with van der Waals surface area (Å²) in [6, 6.07) is 0. The van der Waals surface area contributed by atoms with Crippen LogP contribution in [0.1, 0.15) is 58.3 Å². The van der Waals surface area contributed by atoms with E-state index >= 15 is 0 Å². The van der Waals surface area contributed by atoms with E-state index in [1.165, 1.54) is 25.7 Å². The van der Waals surface area contributed by atoms with Crippen LogP contribution in [0.15, 0.2) is 0 Å². The zero-order valence-electron chi connectivity index (χ0n) is 13.4. The second-order valence-electron chi connectivity index (χ2n) is 7.64. The van der Waals surface area contributed by atoms with Gasteiger partial charge in [-0.05, 0) is 65.1 Å². The minimum Gasteiger partial charge on any atom is -0.389 e. The highest BCUT2D eigenvalue weighted by Crippen LogP contribution is 2.59. The van der Waals surface area contributed by atoms with E-state index in [4.69, 9.17) is 0 Å². The SMILES string of the molecule is CN(C)CCCC[C@H]1CC[C@]2(C)[C@@H](C=O)CC[C@]2(O)C1. The van der Waals surface area contributed by atoms with Crippen LogP contribution in [0.4, 0.5) is 0 Å². The van der Waals surface area contributed by atoms with Crippen LogP contribution in [-0.4, -0.2) is 42.5 Å². The third kappa shape index (κ3) is 2.94. The summed E-state index contributed by atoms with van der Waals surface area (Å²) in [7, 11) is 4.24. The van der Waals surface area contributed by atoms with Gasteiger partial charge in [-0.1, -0.05) is 19.8 Å². The monoisotopic (exact) mass is 281 g/mol. The molecule has 2 rings (SSSR count). The Morgan fingerprint density at radius 2 is 2.00 bits per heavy atom. The lowest BCUT2D eigenvalue weighted by Crippen LogP contribution is -2.50. The van der Waals surface area contributed by atoms with Gasteiger partial charge in [-0.3, -0.25) is 0 Å². The van der Waals surface area contributed by atoms with E-state index in [-0.39, 0.29) is 11.3 Å². The fourth-order valence-electron chi connectivity index (χ4n) is 4.51. The molecule has 0 bridgehead atoms. The molecule has 0 aromatic rings. The van der Waals surface area contributed by atoms with Crippen molar-refractivity contribution in [2.45, 2.75) is 63.9 Å². The largest absolute Gasteiger partial charge is 0.389 e. The first kappa shape index (κ1) is 16.0. The van der Waals surface area contributed by atoms with Crippen LogP contribution in [0.3, 0.4) is 0 Å². The Bertz CT molecular complexity index is 344. The average molecular weight is 281 g/mol. The highest BCUT2D eigenvalue weighted by atomic mass is 16.3. The molecule has 2 aliphatic rings. The first-order valence-corrected chi connectivity index (χ1v) is 8.24. The fraction of sp³-hybridized carbons (Fsp3) is 0.941. The molecule has 4 atom stereocenters. The van der Waals surface area contributed by atoms with Gasteiger partial charge in [0, 0.05) is 11.3 Å². The van der Waals surface area contributed by atoms with Gasteiger partial charge in [0.1, 0.15) is 6.29 Å². The summed E-state index contributed by atoms with van der Waals surface area (Å²) in [4.78, 5) is 13.5. The van der Waals surface area contributed by atoms with Crippen LogP contribution in [0.25, 0.3) is 0 Å². The molecule has 3 nitrogen and oxygen atoms in total. The summed E-state index contributed by atoms with van der Waals surface area (Å²) < 4.78 is 0. The second-order valence-corrected chi connectivity index (χ2v) is 7.64. The zero-order chi connectivity index (χ0) is 14.8. The van der Waals surface area contributed by atoms with Crippen LogP contribution in [0.2, 0.25) is 0 Å². The molecule has 20 heavy (non-hydrogen) atoms. The van der Waals surface area contributed by atoms with Crippen molar-refractivity contribution in [1.82, 2.24) is 4.90 Å². The van der Waals surface area contributed by atoms with Crippen molar-refractivity contribution in [3.05, 3.63) is 0 Å². The molecule has 0 aliphatic heterocycles. The topological polar surface area (TPSA) is 40.5 Å². The Labute approximate surface area is 123 Å². The van der Waals surface area contributed by atoms with Crippen molar-refractivity contribution in [2.75, 3.05) is 20.6 Å². The highest BCUT2D eigenvalue weighted by molar-refractivity contribution is 5.56. The molecule has 116 valence electrons. The molecule has 2 fully saturated rings. The van der Waals surface area contributed by atoms with E-state index in [9.17, 15) is 9.90 Å². The third-order valence-corrected chi connectivity index (χ3v) is 6.08. The van der Waals surface area contributed by atoms with E-state index in [2.05, 4.69) is 25.9 Å². The number of nitrogens with zero attached hydrogens (tertiary/aromatic N) is 1. The molecule has 0 aromatic heterocycles. The Hall–Kier alpha value is -0.410. The summed E-state index contributed by atoms with van der Waals surface area (Å²) in [6.07, 6.45) is 9.65. The standard InChI is InChI=1S/C17H31NO2/c1-16-9-7-14(6-4-5-11-18(2)3)12-17(16,20)10-8-15(16)13-19/h13-15,20H,4-12H2,1-3H3/t14-,15+,16+,17-/m0/s1. The Balaban J connectivity index is 1.86. The van der Waals surface area contributed by atoms with Crippen LogP contribution in [0.5, 0.6) is 0 Å². The van der Waals surface area contributed by atoms with E-state index in [1.807, 2.05) is 0 Å². The van der Waals surface area contributed by atoms with Gasteiger partial charge >= 0.3 is 0 Å². The maximum atomic E-state index is 11.2. The molecule has 0 saturated heterocycles. The maximum Gasteiger partial charge on any atom is 0.123 e. The minimum atomic E-state index is -0.580. The van der Waals surface area contributed by atoms with Crippen molar-refractivity contribution >= 4 is 6.29 Å². The molecule has 0 spiro atoms. The van der Waals surface area contributed by atoms with Gasteiger partial charge in [0.15, 0.2) is 0 Å². The number of aldehydes is 1. The average Bonchev–Trinajstić information content (AvgIpc) is 2.65. The van der Waals surface area contributed by atoms with Crippen molar-refractivity contribution < 1.29 is 9.90 Å². The van der Waals surface area contributed by atoms with Crippen molar-refractivity contribution in [3.8, 4) is 0 Å². The number of aliphatic hydroxyl groups is 1.